The number of benzene rings is 2. The molecule has 10 nitrogen and oxygen atoms in total. The predicted octanol–water partition coefficient (Wildman–Crippen LogP) is 4.21. The second-order valence-electron chi connectivity index (χ2n) is 8.27. The number of nitrogens with one attached hydrogen (secondary N) is 3. The van der Waals surface area contributed by atoms with E-state index in [9.17, 15) is 14.4 Å². The van der Waals surface area contributed by atoms with Crippen LogP contribution in [0, 0.1) is 6.92 Å². The number of hydrogen-bond acceptors (Lipinski definition) is 7. The predicted molar refractivity (Wildman–Crippen MR) is 141 cm³/mol. The number of carbonyl (C=O) groups is 3. The van der Waals surface area contributed by atoms with E-state index in [2.05, 4.69) is 21.4 Å². The van der Waals surface area contributed by atoms with Crippen molar-refractivity contribution in [2.24, 2.45) is 5.10 Å². The van der Waals surface area contributed by atoms with Gasteiger partial charge >= 0.3 is 5.91 Å². The molecule has 0 bridgehead atoms. The molecule has 0 unspecified atom stereocenters. The zero-order valence-corrected chi connectivity index (χ0v) is 22.0. The summed E-state index contributed by atoms with van der Waals surface area (Å²) < 4.78 is 16.4. The molecule has 0 atom stereocenters. The molecule has 2 aromatic carbocycles. The number of ether oxygens (including phenoxy) is 2. The van der Waals surface area contributed by atoms with Crippen molar-refractivity contribution in [2.75, 3.05) is 13.7 Å². The topological polar surface area (TPSA) is 131 Å². The summed E-state index contributed by atoms with van der Waals surface area (Å²) in [4.78, 5) is 37.6. The first-order valence-electron chi connectivity index (χ1n) is 11.6. The van der Waals surface area contributed by atoms with E-state index in [4.69, 9.17) is 37.1 Å². The number of carbonyl (C=O) groups excluding carboxylic acids is 3. The molecular weight excluding hydrogens is 535 g/mol. The molecule has 0 radical (unpaired) electrons. The van der Waals surface area contributed by atoms with Gasteiger partial charge in [0, 0.05) is 22.6 Å². The van der Waals surface area contributed by atoms with Crippen LogP contribution in [-0.4, -0.2) is 37.1 Å². The van der Waals surface area contributed by atoms with Crippen molar-refractivity contribution in [3.63, 3.8) is 0 Å². The van der Waals surface area contributed by atoms with Crippen molar-refractivity contribution in [1.82, 2.24) is 16.3 Å². The Labute approximate surface area is 228 Å². The fraction of sp³-hybridized carbons (Fsp3) is 0.231. The third-order valence-corrected chi connectivity index (χ3v) is 6.27. The number of halogens is 2. The largest absolute Gasteiger partial charge is 0.496 e. The number of furan rings is 1. The normalized spacial score (nSPS) is 13.4. The molecule has 1 heterocycles. The van der Waals surface area contributed by atoms with Gasteiger partial charge in [0.15, 0.2) is 12.4 Å². The van der Waals surface area contributed by atoms with Crippen molar-refractivity contribution < 1.29 is 28.3 Å². The molecule has 1 aliphatic carbocycles. The van der Waals surface area contributed by atoms with Crippen LogP contribution in [0.25, 0.3) is 0 Å². The summed E-state index contributed by atoms with van der Waals surface area (Å²) in [5, 5.41) is 5.00. The number of nitrogens with zero attached hydrogens (tertiary/aromatic N) is 1. The summed E-state index contributed by atoms with van der Waals surface area (Å²) in [6.07, 6.45) is 1.92. The van der Waals surface area contributed by atoms with Gasteiger partial charge in [-0.1, -0.05) is 35.3 Å². The maximum Gasteiger partial charge on any atom is 0.305 e. The minimum Gasteiger partial charge on any atom is -0.496 e. The molecule has 12 heteroatoms. The monoisotopic (exact) mass is 558 g/mol. The van der Waals surface area contributed by atoms with E-state index < -0.39 is 24.3 Å². The molecule has 4 rings (SSSR count). The standard InChI is InChI=1S/C26H24Cl2N4O6/c1-14-23-18(29-31-25(34)16-6-3-4-8-19(16)36-2)7-5-9-21(23)38-24(14)26(35)32-30-22(33)13-37-20-11-10-15(27)12-17(20)28/h3-4,6,8,10-12H,5,7,9,13H2,1-2H3,(H,30,33)(H,31,34)(H,32,35)/b29-18+. The second kappa shape index (κ2) is 12.0. The van der Waals surface area contributed by atoms with Crippen LogP contribution >= 0.6 is 23.2 Å². The van der Waals surface area contributed by atoms with Crippen molar-refractivity contribution in [3.8, 4) is 11.5 Å². The minimum absolute atomic E-state index is 0.0302. The Hall–Kier alpha value is -4.02. The molecule has 0 spiro atoms. The van der Waals surface area contributed by atoms with Gasteiger partial charge in [-0.25, -0.2) is 5.43 Å². The lowest BCUT2D eigenvalue weighted by molar-refractivity contribution is -0.123. The smallest absolute Gasteiger partial charge is 0.305 e. The first kappa shape index (κ1) is 27.0. The van der Waals surface area contributed by atoms with Crippen molar-refractivity contribution in [3.05, 3.63) is 80.7 Å². The van der Waals surface area contributed by atoms with Crippen LogP contribution < -0.4 is 25.8 Å². The van der Waals surface area contributed by atoms with Crippen molar-refractivity contribution in [1.29, 1.82) is 0 Å². The average Bonchev–Trinajstić information content (AvgIpc) is 3.26. The SMILES string of the molecule is COc1ccccc1C(=O)N/N=C1\CCCc2oc(C(=O)NNC(=O)COc3ccc(Cl)cc3Cl)c(C)c21. The molecule has 3 aromatic rings. The van der Waals surface area contributed by atoms with E-state index in [0.717, 1.165) is 6.42 Å². The van der Waals surface area contributed by atoms with Gasteiger partial charge < -0.3 is 13.9 Å². The van der Waals surface area contributed by atoms with Gasteiger partial charge in [0.2, 0.25) is 0 Å². The van der Waals surface area contributed by atoms with Gasteiger partial charge in [0.25, 0.3) is 11.8 Å². The van der Waals surface area contributed by atoms with Crippen molar-refractivity contribution in [2.45, 2.75) is 26.2 Å². The zero-order chi connectivity index (χ0) is 27.2. The molecule has 0 fully saturated rings. The Morgan fingerprint density at radius 3 is 2.58 bits per heavy atom. The number of rotatable bonds is 7. The maximum absolute atomic E-state index is 12.8. The van der Waals surface area contributed by atoms with Crippen LogP contribution in [0.2, 0.25) is 10.0 Å². The van der Waals surface area contributed by atoms with Gasteiger partial charge in [-0.2, -0.15) is 5.10 Å². The number of amides is 3. The van der Waals surface area contributed by atoms with Crippen LogP contribution in [0.1, 0.15) is 50.6 Å². The molecule has 3 N–H and O–H groups in total. The van der Waals surface area contributed by atoms with Crippen LogP contribution in [0.15, 0.2) is 52.0 Å². The molecule has 3 amide bonds. The van der Waals surface area contributed by atoms with Gasteiger partial charge in [0.1, 0.15) is 17.3 Å². The second-order valence-corrected chi connectivity index (χ2v) is 9.12. The van der Waals surface area contributed by atoms with E-state index in [1.165, 1.54) is 19.2 Å². The summed E-state index contributed by atoms with van der Waals surface area (Å²) in [6, 6.07) is 11.4. The highest BCUT2D eigenvalue weighted by molar-refractivity contribution is 6.35. The summed E-state index contributed by atoms with van der Waals surface area (Å²) in [6.45, 7) is 1.32. The fourth-order valence-corrected chi connectivity index (χ4v) is 4.43. The number of aryl methyl sites for hydroxylation is 1. The van der Waals surface area contributed by atoms with Crippen LogP contribution in [0.4, 0.5) is 0 Å². The van der Waals surface area contributed by atoms with E-state index in [-0.39, 0.29) is 16.5 Å². The Kier molecular flexibility index (Phi) is 8.55. The molecular formula is C26H24Cl2N4O6. The number of fused-ring (bicyclic) bond motifs is 1. The molecule has 1 aromatic heterocycles. The number of para-hydroxylation sites is 1. The van der Waals surface area contributed by atoms with Crippen molar-refractivity contribution >= 4 is 46.6 Å². The maximum atomic E-state index is 12.8. The average molecular weight is 559 g/mol. The van der Waals surface area contributed by atoms with Crippen LogP contribution in [0.3, 0.4) is 0 Å². The molecule has 1 aliphatic rings. The highest BCUT2D eigenvalue weighted by atomic mass is 35.5. The van der Waals surface area contributed by atoms with Crippen LogP contribution in [0.5, 0.6) is 11.5 Å². The number of hydrogen-bond donors (Lipinski definition) is 3. The minimum atomic E-state index is -0.646. The lowest BCUT2D eigenvalue weighted by atomic mass is 9.93. The highest BCUT2D eigenvalue weighted by Crippen LogP contribution is 2.30. The molecule has 0 aliphatic heterocycles. The number of hydrazone groups is 1. The van der Waals surface area contributed by atoms with Crippen LogP contribution in [-0.2, 0) is 11.2 Å². The van der Waals surface area contributed by atoms with Gasteiger partial charge in [0.05, 0.1) is 23.4 Å². The van der Waals surface area contributed by atoms with E-state index >= 15 is 0 Å². The molecule has 0 saturated heterocycles. The summed E-state index contributed by atoms with van der Waals surface area (Å²) in [7, 11) is 1.48. The Morgan fingerprint density at radius 1 is 1.03 bits per heavy atom. The summed E-state index contributed by atoms with van der Waals surface area (Å²) >= 11 is 11.9. The number of hydrazine groups is 1. The quantitative estimate of drug-likeness (QED) is 0.372. The molecule has 0 saturated carbocycles. The third kappa shape index (κ3) is 6.09. The first-order chi connectivity index (χ1) is 18.3. The van der Waals surface area contributed by atoms with Gasteiger partial charge in [-0.05, 0) is 50.1 Å². The lowest BCUT2D eigenvalue weighted by Gasteiger charge is -2.14. The van der Waals surface area contributed by atoms with Gasteiger partial charge in [-0.15, -0.1) is 0 Å². The van der Waals surface area contributed by atoms with Gasteiger partial charge in [-0.3, -0.25) is 25.2 Å². The summed E-state index contributed by atoms with van der Waals surface area (Å²) in [5.74, 6) is -0.370. The van der Waals surface area contributed by atoms with E-state index in [0.29, 0.717) is 51.8 Å². The lowest BCUT2D eigenvalue weighted by Crippen LogP contribution is -2.43. The fourth-order valence-electron chi connectivity index (χ4n) is 3.96. The summed E-state index contributed by atoms with van der Waals surface area (Å²) in [5.41, 5.74) is 9.30. The molecule has 198 valence electrons. The Bertz CT molecular complexity index is 1420. The number of methoxy groups -OCH3 is 1. The Morgan fingerprint density at radius 2 is 1.82 bits per heavy atom. The first-order valence-corrected chi connectivity index (χ1v) is 12.3. The van der Waals surface area contributed by atoms with E-state index in [1.54, 1.807) is 37.3 Å². The zero-order valence-electron chi connectivity index (χ0n) is 20.5. The third-order valence-electron chi connectivity index (χ3n) is 5.74. The Balaban J connectivity index is 1.40. The highest BCUT2D eigenvalue weighted by Gasteiger charge is 2.28. The molecule has 38 heavy (non-hydrogen) atoms. The van der Waals surface area contributed by atoms with E-state index in [1.807, 2.05) is 0 Å².